The van der Waals surface area contributed by atoms with Gasteiger partial charge in [-0.2, -0.15) is 0 Å². The smallest absolute Gasteiger partial charge is 0.167 e. The lowest BCUT2D eigenvalue weighted by molar-refractivity contribution is -0.0200. The van der Waals surface area contributed by atoms with Crippen LogP contribution >= 0.6 is 11.6 Å². The van der Waals surface area contributed by atoms with Crippen molar-refractivity contribution in [1.82, 2.24) is 19.5 Å². The van der Waals surface area contributed by atoms with Gasteiger partial charge >= 0.3 is 0 Å². The topological polar surface area (TPSA) is 105 Å². The zero-order valence-electron chi connectivity index (χ0n) is 12.3. The zero-order chi connectivity index (χ0) is 16.0. The quantitative estimate of drug-likeness (QED) is 0.716. The number of anilines is 1. The molecule has 1 aliphatic heterocycles. The van der Waals surface area contributed by atoms with E-state index in [1.807, 2.05) is 0 Å². The summed E-state index contributed by atoms with van der Waals surface area (Å²) in [6.45, 7) is 0. The fourth-order valence-corrected chi connectivity index (χ4v) is 3.51. The maximum atomic E-state index is 10.1. The summed E-state index contributed by atoms with van der Waals surface area (Å²) in [7, 11) is 0. The van der Waals surface area contributed by atoms with E-state index in [2.05, 4.69) is 20.3 Å². The molecule has 9 heteroatoms. The lowest BCUT2D eigenvalue weighted by Crippen LogP contribution is -2.29. The zero-order valence-corrected chi connectivity index (χ0v) is 13.1. The van der Waals surface area contributed by atoms with Gasteiger partial charge in [0.05, 0.1) is 6.33 Å². The van der Waals surface area contributed by atoms with Gasteiger partial charge in [0.2, 0.25) is 0 Å². The molecule has 0 radical (unpaired) electrons. The van der Waals surface area contributed by atoms with Gasteiger partial charge in [-0.25, -0.2) is 15.0 Å². The van der Waals surface area contributed by atoms with Crippen LogP contribution in [-0.2, 0) is 4.74 Å². The lowest BCUT2D eigenvalue weighted by Gasteiger charge is -2.16. The Labute approximate surface area is 137 Å². The number of rotatable bonds is 3. The van der Waals surface area contributed by atoms with Crippen molar-refractivity contribution in [2.45, 2.75) is 55.7 Å². The molecular formula is C14H18ClN5O3. The Hall–Kier alpha value is -1.48. The second-order valence-electron chi connectivity index (χ2n) is 6.03. The standard InChI is InChI=1S/C14H18ClN5O3/c15-11-9(21)10(22)14(23-11)20-6-18-8-12(16-5-17-13(8)20)19-7-3-1-2-4-7/h5-7,9-11,14,21-22H,1-4H2,(H,16,17,19)/t9-,10+,11-,14+/m0/s1. The molecule has 2 aromatic heterocycles. The number of hydrogen-bond donors (Lipinski definition) is 3. The van der Waals surface area contributed by atoms with E-state index in [0.29, 0.717) is 23.0 Å². The van der Waals surface area contributed by atoms with Crippen molar-refractivity contribution in [3.8, 4) is 0 Å². The molecule has 4 atom stereocenters. The average molecular weight is 340 g/mol. The van der Waals surface area contributed by atoms with E-state index in [0.717, 1.165) is 12.8 Å². The predicted octanol–water partition coefficient (Wildman–Crippen LogP) is 0.996. The summed E-state index contributed by atoms with van der Waals surface area (Å²) in [6, 6.07) is 0.403. The molecule has 0 spiro atoms. The SMILES string of the molecule is O[C@@H]1[C@H](O)[C@@H](Cl)O[C@H]1n1cnc2c(NC3CCCC3)ncnc21. The molecule has 8 nitrogen and oxygen atoms in total. The minimum atomic E-state index is -1.16. The van der Waals surface area contributed by atoms with Gasteiger partial charge in [-0.15, -0.1) is 0 Å². The van der Waals surface area contributed by atoms with Crippen molar-refractivity contribution in [2.75, 3.05) is 5.32 Å². The Morgan fingerprint density at radius 2 is 1.96 bits per heavy atom. The molecule has 0 bridgehead atoms. The Balaban J connectivity index is 1.67. The number of alkyl halides is 1. The second-order valence-corrected chi connectivity index (χ2v) is 6.46. The van der Waals surface area contributed by atoms with Crippen molar-refractivity contribution in [3.05, 3.63) is 12.7 Å². The number of nitrogens with one attached hydrogen (secondary N) is 1. The molecule has 1 aliphatic carbocycles. The molecule has 2 aliphatic rings. The Bertz CT molecular complexity index is 705. The molecule has 0 aromatic carbocycles. The van der Waals surface area contributed by atoms with Crippen LogP contribution in [0.5, 0.6) is 0 Å². The summed E-state index contributed by atoms with van der Waals surface area (Å²) < 4.78 is 7.00. The van der Waals surface area contributed by atoms with Crippen molar-refractivity contribution >= 4 is 28.6 Å². The number of hydrogen-bond acceptors (Lipinski definition) is 7. The monoisotopic (exact) mass is 339 g/mol. The minimum absolute atomic E-state index is 0.403. The summed E-state index contributed by atoms with van der Waals surface area (Å²) in [5.41, 5.74) is 0.176. The average Bonchev–Trinajstić information content (AvgIpc) is 3.25. The first-order valence-electron chi connectivity index (χ1n) is 7.75. The summed E-state index contributed by atoms with van der Waals surface area (Å²) in [5, 5.41) is 23.3. The van der Waals surface area contributed by atoms with Crippen LogP contribution in [0.3, 0.4) is 0 Å². The number of nitrogens with zero attached hydrogens (tertiary/aromatic N) is 4. The number of aliphatic hydroxyl groups excluding tert-OH is 2. The van der Waals surface area contributed by atoms with E-state index in [4.69, 9.17) is 16.3 Å². The third-order valence-corrected chi connectivity index (χ3v) is 4.87. The first kappa shape index (κ1) is 15.1. The molecule has 124 valence electrons. The highest BCUT2D eigenvalue weighted by atomic mass is 35.5. The molecule has 3 N–H and O–H groups in total. The van der Waals surface area contributed by atoms with Crippen molar-refractivity contribution in [3.63, 3.8) is 0 Å². The van der Waals surface area contributed by atoms with Crippen LogP contribution in [0.2, 0.25) is 0 Å². The summed E-state index contributed by atoms with van der Waals surface area (Å²) >= 11 is 5.85. The van der Waals surface area contributed by atoms with Gasteiger partial charge in [0.1, 0.15) is 18.5 Å². The van der Waals surface area contributed by atoms with Gasteiger partial charge in [0.15, 0.2) is 28.8 Å². The second kappa shape index (κ2) is 5.86. The lowest BCUT2D eigenvalue weighted by atomic mass is 10.2. The Morgan fingerprint density at radius 3 is 2.65 bits per heavy atom. The van der Waals surface area contributed by atoms with E-state index < -0.39 is 24.0 Å². The number of aliphatic hydroxyl groups is 2. The van der Waals surface area contributed by atoms with E-state index in [1.54, 1.807) is 4.57 Å². The molecule has 1 saturated carbocycles. The Kier molecular flexibility index (Phi) is 3.84. The Morgan fingerprint density at radius 1 is 1.17 bits per heavy atom. The molecule has 0 amide bonds. The van der Waals surface area contributed by atoms with Crippen molar-refractivity contribution < 1.29 is 14.9 Å². The van der Waals surface area contributed by atoms with E-state index in [9.17, 15) is 10.2 Å². The molecule has 1 saturated heterocycles. The number of halogens is 1. The number of fused-ring (bicyclic) bond motifs is 1. The van der Waals surface area contributed by atoms with Gasteiger partial charge in [-0.05, 0) is 12.8 Å². The highest BCUT2D eigenvalue weighted by molar-refractivity contribution is 6.20. The van der Waals surface area contributed by atoms with Crippen LogP contribution in [0.1, 0.15) is 31.9 Å². The molecule has 2 fully saturated rings. The number of imidazole rings is 1. The largest absolute Gasteiger partial charge is 0.386 e. The predicted molar refractivity (Wildman–Crippen MR) is 83.0 cm³/mol. The molecule has 23 heavy (non-hydrogen) atoms. The van der Waals surface area contributed by atoms with Crippen LogP contribution < -0.4 is 5.32 Å². The van der Waals surface area contributed by atoms with Crippen LogP contribution in [0, 0.1) is 0 Å². The third kappa shape index (κ3) is 2.55. The first-order valence-corrected chi connectivity index (χ1v) is 8.18. The highest BCUT2D eigenvalue weighted by Crippen LogP contribution is 2.34. The van der Waals surface area contributed by atoms with Gasteiger partial charge in [0.25, 0.3) is 0 Å². The van der Waals surface area contributed by atoms with E-state index >= 15 is 0 Å². The van der Waals surface area contributed by atoms with Gasteiger partial charge in [-0.1, -0.05) is 24.4 Å². The summed E-state index contributed by atoms with van der Waals surface area (Å²) in [5.74, 6) is 0.677. The van der Waals surface area contributed by atoms with E-state index in [-0.39, 0.29) is 0 Å². The molecule has 3 heterocycles. The molecule has 4 rings (SSSR count). The summed E-state index contributed by atoms with van der Waals surface area (Å²) in [4.78, 5) is 12.9. The van der Waals surface area contributed by atoms with Crippen molar-refractivity contribution in [1.29, 1.82) is 0 Å². The van der Waals surface area contributed by atoms with Crippen LogP contribution in [0.15, 0.2) is 12.7 Å². The number of ether oxygens (including phenoxy) is 1. The minimum Gasteiger partial charge on any atom is -0.386 e. The maximum absolute atomic E-state index is 10.1. The third-order valence-electron chi connectivity index (χ3n) is 4.51. The number of aromatic nitrogens is 4. The fourth-order valence-electron chi connectivity index (χ4n) is 3.26. The highest BCUT2D eigenvalue weighted by Gasteiger charge is 2.43. The van der Waals surface area contributed by atoms with Crippen LogP contribution in [0.4, 0.5) is 5.82 Å². The van der Waals surface area contributed by atoms with Crippen LogP contribution in [0.25, 0.3) is 11.2 Å². The van der Waals surface area contributed by atoms with Gasteiger partial charge in [-0.3, -0.25) is 4.57 Å². The molecule has 2 aromatic rings. The molecular weight excluding hydrogens is 322 g/mol. The van der Waals surface area contributed by atoms with Crippen LogP contribution in [-0.4, -0.2) is 53.5 Å². The first-order chi connectivity index (χ1) is 11.1. The summed E-state index contributed by atoms with van der Waals surface area (Å²) in [6.07, 6.45) is 4.53. The van der Waals surface area contributed by atoms with Crippen molar-refractivity contribution in [2.24, 2.45) is 0 Å². The van der Waals surface area contributed by atoms with E-state index in [1.165, 1.54) is 25.5 Å². The van der Waals surface area contributed by atoms with Gasteiger partial charge in [0, 0.05) is 6.04 Å². The fraction of sp³-hybridized carbons (Fsp3) is 0.643. The normalized spacial score (nSPS) is 32.0. The van der Waals surface area contributed by atoms with Gasteiger partial charge < -0.3 is 20.3 Å². The maximum Gasteiger partial charge on any atom is 0.167 e. The molecule has 0 unspecified atom stereocenters.